The van der Waals surface area contributed by atoms with Crippen LogP contribution in [0.2, 0.25) is 0 Å². The van der Waals surface area contributed by atoms with Gasteiger partial charge in [0.1, 0.15) is 5.52 Å². The smallest absolute Gasteiger partial charge is 0.338 e. The first-order chi connectivity index (χ1) is 14.6. The maximum Gasteiger partial charge on any atom is 0.338 e. The number of nitrogens with zero attached hydrogens (tertiary/aromatic N) is 2. The summed E-state index contributed by atoms with van der Waals surface area (Å²) in [6.07, 6.45) is 2.00. The molecule has 1 N–H and O–H groups in total. The normalized spacial score (nSPS) is 11.0. The molecule has 4 rings (SSSR count). The zero-order chi connectivity index (χ0) is 21.1. The van der Waals surface area contributed by atoms with Crippen molar-refractivity contribution >= 4 is 34.1 Å². The van der Waals surface area contributed by atoms with Crippen LogP contribution in [0.4, 0.5) is 5.69 Å². The van der Waals surface area contributed by atoms with Crippen molar-refractivity contribution in [2.24, 2.45) is 0 Å². The van der Waals surface area contributed by atoms with E-state index in [4.69, 9.17) is 4.74 Å². The maximum atomic E-state index is 12.9. The van der Waals surface area contributed by atoms with E-state index in [1.54, 1.807) is 41.8 Å². The summed E-state index contributed by atoms with van der Waals surface area (Å²) in [5, 5.41) is 2.80. The summed E-state index contributed by atoms with van der Waals surface area (Å²) in [7, 11) is 0. The number of fused-ring (bicyclic) bond motifs is 3. The predicted octanol–water partition coefficient (Wildman–Crippen LogP) is 3.46. The van der Waals surface area contributed by atoms with Crippen LogP contribution in [-0.2, 0) is 16.1 Å². The van der Waals surface area contributed by atoms with Gasteiger partial charge in [-0.3, -0.25) is 9.59 Å². The standard InChI is InChI=1S/C23H21N3O4/c1-2-30-23(29)16-9-11-17(12-10-16)24-21(27)13-15-26-19-7-4-3-6-18(19)25-14-5-8-20(25)22(26)28/h3-12,14H,2,13,15H2,1H3,(H,24,27). The molecule has 0 saturated heterocycles. The molecule has 0 unspecified atom stereocenters. The minimum atomic E-state index is -0.401. The Morgan fingerprint density at radius 3 is 2.37 bits per heavy atom. The van der Waals surface area contributed by atoms with Crippen molar-refractivity contribution in [2.75, 3.05) is 11.9 Å². The highest BCUT2D eigenvalue weighted by Crippen LogP contribution is 2.16. The fourth-order valence-electron chi connectivity index (χ4n) is 3.47. The van der Waals surface area contributed by atoms with Gasteiger partial charge < -0.3 is 19.0 Å². The zero-order valence-corrected chi connectivity index (χ0v) is 16.5. The van der Waals surface area contributed by atoms with Crippen LogP contribution >= 0.6 is 0 Å². The molecule has 0 saturated carbocycles. The third kappa shape index (κ3) is 3.69. The van der Waals surface area contributed by atoms with Gasteiger partial charge >= 0.3 is 5.97 Å². The number of para-hydroxylation sites is 2. The van der Waals surface area contributed by atoms with E-state index in [2.05, 4.69) is 5.32 Å². The van der Waals surface area contributed by atoms with Gasteiger partial charge in [0.25, 0.3) is 5.56 Å². The van der Waals surface area contributed by atoms with Crippen LogP contribution in [0.1, 0.15) is 23.7 Å². The number of rotatable bonds is 6. The summed E-state index contributed by atoms with van der Waals surface area (Å²) in [6.45, 7) is 2.31. The third-order valence-electron chi connectivity index (χ3n) is 4.89. The first kappa shape index (κ1) is 19.4. The monoisotopic (exact) mass is 403 g/mol. The number of carbonyl (C=O) groups excluding carboxylic acids is 2. The highest BCUT2D eigenvalue weighted by Gasteiger charge is 2.12. The molecule has 2 aromatic heterocycles. The van der Waals surface area contributed by atoms with Crippen molar-refractivity contribution in [3.63, 3.8) is 0 Å². The Kier molecular flexibility index (Phi) is 5.34. The van der Waals surface area contributed by atoms with Gasteiger partial charge in [-0.2, -0.15) is 0 Å². The van der Waals surface area contributed by atoms with Gasteiger partial charge in [0.15, 0.2) is 0 Å². The van der Waals surface area contributed by atoms with E-state index in [-0.39, 0.29) is 24.4 Å². The molecule has 1 amide bonds. The summed E-state index contributed by atoms with van der Waals surface area (Å²) < 4.78 is 8.44. The van der Waals surface area contributed by atoms with Crippen LogP contribution in [0.15, 0.2) is 71.7 Å². The third-order valence-corrected chi connectivity index (χ3v) is 4.89. The highest BCUT2D eigenvalue weighted by molar-refractivity contribution is 5.93. The van der Waals surface area contributed by atoms with E-state index in [0.717, 1.165) is 11.0 Å². The SMILES string of the molecule is CCOC(=O)c1ccc(NC(=O)CCn2c(=O)c3cccn3c3ccccc32)cc1. The number of benzene rings is 2. The lowest BCUT2D eigenvalue weighted by Gasteiger charge is -2.12. The lowest BCUT2D eigenvalue weighted by Crippen LogP contribution is -2.25. The predicted molar refractivity (Wildman–Crippen MR) is 115 cm³/mol. The van der Waals surface area contributed by atoms with E-state index >= 15 is 0 Å². The Morgan fingerprint density at radius 1 is 0.933 bits per heavy atom. The van der Waals surface area contributed by atoms with Crippen LogP contribution in [0, 0.1) is 0 Å². The molecule has 0 atom stereocenters. The van der Waals surface area contributed by atoms with Crippen molar-refractivity contribution < 1.29 is 14.3 Å². The van der Waals surface area contributed by atoms with E-state index in [9.17, 15) is 14.4 Å². The molecule has 0 aliphatic rings. The second kappa shape index (κ2) is 8.24. The molecular weight excluding hydrogens is 382 g/mol. The van der Waals surface area contributed by atoms with Crippen LogP contribution < -0.4 is 10.9 Å². The molecule has 0 spiro atoms. The van der Waals surface area contributed by atoms with Gasteiger partial charge in [0, 0.05) is 24.8 Å². The molecule has 0 aliphatic heterocycles. The number of carbonyl (C=O) groups is 2. The molecule has 0 radical (unpaired) electrons. The first-order valence-corrected chi connectivity index (χ1v) is 9.74. The quantitative estimate of drug-likeness (QED) is 0.500. The maximum absolute atomic E-state index is 12.9. The number of nitrogens with one attached hydrogen (secondary N) is 1. The van der Waals surface area contributed by atoms with Crippen molar-refractivity contribution in [3.05, 3.63) is 82.8 Å². The molecule has 0 bridgehead atoms. The van der Waals surface area contributed by atoms with E-state index in [1.165, 1.54) is 0 Å². The van der Waals surface area contributed by atoms with Gasteiger partial charge in [-0.15, -0.1) is 0 Å². The minimum Gasteiger partial charge on any atom is -0.462 e. The summed E-state index contributed by atoms with van der Waals surface area (Å²) in [5.41, 5.74) is 3.12. The minimum absolute atomic E-state index is 0.134. The fourth-order valence-corrected chi connectivity index (χ4v) is 3.47. The van der Waals surface area contributed by atoms with Crippen molar-refractivity contribution in [3.8, 4) is 0 Å². The van der Waals surface area contributed by atoms with Crippen LogP contribution in [-0.4, -0.2) is 27.5 Å². The molecule has 0 fully saturated rings. The molecular formula is C23H21N3O4. The highest BCUT2D eigenvalue weighted by atomic mass is 16.5. The Labute approximate surface area is 172 Å². The number of aryl methyl sites for hydroxylation is 1. The molecule has 30 heavy (non-hydrogen) atoms. The number of amides is 1. The molecule has 4 aromatic rings. The molecule has 7 nitrogen and oxygen atoms in total. The van der Waals surface area contributed by atoms with Crippen molar-refractivity contribution in [1.82, 2.24) is 8.97 Å². The van der Waals surface area contributed by atoms with E-state index < -0.39 is 5.97 Å². The van der Waals surface area contributed by atoms with Gasteiger partial charge in [-0.05, 0) is 55.5 Å². The second-order valence-corrected chi connectivity index (χ2v) is 6.80. The topological polar surface area (TPSA) is 81.8 Å². The van der Waals surface area contributed by atoms with Gasteiger partial charge in [-0.25, -0.2) is 4.79 Å². The molecule has 2 aromatic carbocycles. The zero-order valence-electron chi connectivity index (χ0n) is 16.5. The Hall–Kier alpha value is -3.87. The number of hydrogen-bond donors (Lipinski definition) is 1. The fraction of sp³-hybridized carbons (Fsp3) is 0.174. The largest absolute Gasteiger partial charge is 0.462 e. The number of esters is 1. The summed E-state index contributed by atoms with van der Waals surface area (Å²) >= 11 is 0. The Balaban J connectivity index is 1.50. The number of anilines is 1. The van der Waals surface area contributed by atoms with Gasteiger partial charge in [0.05, 0.1) is 23.2 Å². The van der Waals surface area contributed by atoms with Crippen molar-refractivity contribution in [2.45, 2.75) is 19.9 Å². The van der Waals surface area contributed by atoms with E-state index in [1.807, 2.05) is 40.9 Å². The average molecular weight is 403 g/mol. The van der Waals surface area contributed by atoms with Crippen LogP contribution in [0.3, 0.4) is 0 Å². The average Bonchev–Trinajstić information content (AvgIpc) is 3.25. The molecule has 152 valence electrons. The number of ether oxygens (including phenoxy) is 1. The van der Waals surface area contributed by atoms with E-state index in [0.29, 0.717) is 23.4 Å². The Morgan fingerprint density at radius 2 is 1.63 bits per heavy atom. The number of hydrogen-bond acceptors (Lipinski definition) is 4. The molecule has 7 heteroatoms. The summed E-state index contributed by atoms with van der Waals surface area (Å²) in [5.74, 6) is -0.618. The van der Waals surface area contributed by atoms with Crippen LogP contribution in [0.25, 0.3) is 16.6 Å². The van der Waals surface area contributed by atoms with Crippen molar-refractivity contribution in [1.29, 1.82) is 0 Å². The molecule has 2 heterocycles. The second-order valence-electron chi connectivity index (χ2n) is 6.80. The van der Waals surface area contributed by atoms with Crippen LogP contribution in [0.5, 0.6) is 0 Å². The lowest BCUT2D eigenvalue weighted by atomic mass is 10.2. The number of aromatic nitrogens is 2. The summed E-state index contributed by atoms with van der Waals surface area (Å²) in [4.78, 5) is 37.0. The first-order valence-electron chi connectivity index (χ1n) is 9.74. The van der Waals surface area contributed by atoms with Gasteiger partial charge in [0.2, 0.25) is 5.91 Å². The Bertz CT molecular complexity index is 1290. The van der Waals surface area contributed by atoms with Gasteiger partial charge in [-0.1, -0.05) is 12.1 Å². The lowest BCUT2D eigenvalue weighted by molar-refractivity contribution is -0.116. The molecule has 0 aliphatic carbocycles. The summed E-state index contributed by atoms with van der Waals surface area (Å²) in [6, 6.07) is 17.7.